The Morgan fingerprint density at radius 2 is 1.85 bits per heavy atom. The maximum Gasteiger partial charge on any atom is 0.163 e. The second-order valence-electron chi connectivity index (χ2n) is 5.22. The quantitative estimate of drug-likeness (QED) is 0.782. The van der Waals surface area contributed by atoms with Crippen LogP contribution >= 0.6 is 0 Å². The van der Waals surface area contributed by atoms with E-state index < -0.39 is 11.6 Å². The van der Waals surface area contributed by atoms with Gasteiger partial charge < -0.3 is 10.2 Å². The molecule has 0 heterocycles. The summed E-state index contributed by atoms with van der Waals surface area (Å²) in [5.41, 5.74) is 0.408. The van der Waals surface area contributed by atoms with E-state index in [1.54, 1.807) is 19.2 Å². The Morgan fingerprint density at radius 3 is 2.40 bits per heavy atom. The van der Waals surface area contributed by atoms with Gasteiger partial charge >= 0.3 is 0 Å². The molecule has 2 nitrogen and oxygen atoms in total. The smallest absolute Gasteiger partial charge is 0.163 e. The molecule has 1 aromatic carbocycles. The van der Waals surface area contributed by atoms with Crippen LogP contribution in [0.1, 0.15) is 44.7 Å². The van der Waals surface area contributed by atoms with Gasteiger partial charge in [-0.25, -0.2) is 8.78 Å². The molecule has 0 amide bonds. The molecule has 0 aliphatic rings. The van der Waals surface area contributed by atoms with Crippen molar-refractivity contribution in [2.24, 2.45) is 0 Å². The third kappa shape index (κ3) is 4.25. The monoisotopic (exact) mass is 284 g/mol. The van der Waals surface area contributed by atoms with Gasteiger partial charge in [-0.15, -0.1) is 0 Å². The molecule has 114 valence electrons. The van der Waals surface area contributed by atoms with E-state index in [0.29, 0.717) is 11.6 Å². The summed E-state index contributed by atoms with van der Waals surface area (Å²) in [7, 11) is 3.87. The van der Waals surface area contributed by atoms with Crippen molar-refractivity contribution in [3.63, 3.8) is 0 Å². The number of benzene rings is 1. The molecule has 1 atom stereocenters. The maximum absolute atomic E-state index is 13.8. The van der Waals surface area contributed by atoms with E-state index in [1.165, 1.54) is 0 Å². The average Bonchev–Trinajstić information content (AvgIpc) is 2.45. The predicted molar refractivity (Wildman–Crippen MR) is 79.8 cm³/mol. The van der Waals surface area contributed by atoms with Crippen LogP contribution < -0.4 is 5.32 Å². The molecule has 4 heteroatoms. The minimum absolute atomic E-state index is 0.164. The largest absolute Gasteiger partial charge is 0.313 e. The zero-order valence-corrected chi connectivity index (χ0v) is 12.9. The lowest BCUT2D eigenvalue weighted by atomic mass is 10.0. The number of rotatable bonds is 8. The minimum atomic E-state index is -0.781. The third-order valence-corrected chi connectivity index (χ3v) is 4.04. The highest BCUT2D eigenvalue weighted by molar-refractivity contribution is 5.22. The first kappa shape index (κ1) is 17.1. The van der Waals surface area contributed by atoms with Crippen molar-refractivity contribution in [2.45, 2.75) is 45.2 Å². The van der Waals surface area contributed by atoms with Crippen LogP contribution in [0.2, 0.25) is 0 Å². The van der Waals surface area contributed by atoms with Crippen LogP contribution in [-0.4, -0.2) is 31.6 Å². The van der Waals surface area contributed by atoms with Crippen molar-refractivity contribution in [3.05, 3.63) is 35.4 Å². The minimum Gasteiger partial charge on any atom is -0.313 e. The summed E-state index contributed by atoms with van der Waals surface area (Å²) >= 11 is 0. The Hall–Kier alpha value is -1.00. The molecule has 0 aliphatic carbocycles. The summed E-state index contributed by atoms with van der Waals surface area (Å²) in [4.78, 5) is 2.29. The summed E-state index contributed by atoms with van der Waals surface area (Å²) in [6.45, 7) is 5.20. The highest BCUT2D eigenvalue weighted by atomic mass is 19.2. The Labute approximate surface area is 121 Å². The summed E-state index contributed by atoms with van der Waals surface area (Å²) < 4.78 is 27.1. The zero-order valence-electron chi connectivity index (χ0n) is 12.9. The second-order valence-corrected chi connectivity index (χ2v) is 5.22. The van der Waals surface area contributed by atoms with E-state index in [2.05, 4.69) is 31.1 Å². The van der Waals surface area contributed by atoms with E-state index in [0.717, 1.165) is 31.9 Å². The van der Waals surface area contributed by atoms with Crippen LogP contribution in [0.5, 0.6) is 0 Å². The van der Waals surface area contributed by atoms with E-state index >= 15 is 0 Å². The number of halogens is 2. The molecule has 0 radical (unpaired) electrons. The van der Waals surface area contributed by atoms with Gasteiger partial charge in [0.1, 0.15) is 0 Å². The fourth-order valence-corrected chi connectivity index (χ4v) is 2.67. The summed E-state index contributed by atoms with van der Waals surface area (Å²) in [5.74, 6) is -1.52. The van der Waals surface area contributed by atoms with Crippen LogP contribution in [0.25, 0.3) is 0 Å². The van der Waals surface area contributed by atoms with Gasteiger partial charge in [-0.2, -0.15) is 0 Å². The van der Waals surface area contributed by atoms with Crippen molar-refractivity contribution in [1.82, 2.24) is 10.2 Å². The van der Waals surface area contributed by atoms with Gasteiger partial charge in [0.25, 0.3) is 0 Å². The Kier molecular flexibility index (Phi) is 7.10. The fraction of sp³-hybridized carbons (Fsp3) is 0.625. The van der Waals surface area contributed by atoms with Crippen molar-refractivity contribution in [1.29, 1.82) is 0 Å². The molecular formula is C16H26F2N2. The number of hydrogen-bond acceptors (Lipinski definition) is 2. The standard InChI is InChI=1S/C16H26F2N2/c1-5-12(6-2)20(4)11-10-15(19-3)13-8-7-9-14(17)16(13)18/h7-9,12,15,19H,5-6,10-11H2,1-4H3. The molecule has 0 aliphatic heterocycles. The molecular weight excluding hydrogens is 258 g/mol. The van der Waals surface area contributed by atoms with Crippen LogP contribution in [0.4, 0.5) is 8.78 Å². The lowest BCUT2D eigenvalue weighted by Crippen LogP contribution is -2.33. The third-order valence-electron chi connectivity index (χ3n) is 4.04. The molecule has 0 saturated carbocycles. The van der Waals surface area contributed by atoms with Gasteiger partial charge in [0.15, 0.2) is 11.6 Å². The number of nitrogens with one attached hydrogen (secondary N) is 1. The van der Waals surface area contributed by atoms with Gasteiger partial charge in [-0.3, -0.25) is 0 Å². The molecule has 0 fully saturated rings. The molecule has 0 aromatic heterocycles. The first-order valence-corrected chi connectivity index (χ1v) is 7.36. The van der Waals surface area contributed by atoms with Crippen molar-refractivity contribution in [2.75, 3.05) is 20.6 Å². The molecule has 1 aromatic rings. The van der Waals surface area contributed by atoms with E-state index in [4.69, 9.17) is 0 Å². The van der Waals surface area contributed by atoms with Crippen molar-refractivity contribution in [3.8, 4) is 0 Å². The number of nitrogens with zero attached hydrogens (tertiary/aromatic N) is 1. The fourth-order valence-electron chi connectivity index (χ4n) is 2.67. The Balaban J connectivity index is 2.70. The van der Waals surface area contributed by atoms with Gasteiger partial charge in [0, 0.05) is 17.6 Å². The molecule has 1 unspecified atom stereocenters. The van der Waals surface area contributed by atoms with Gasteiger partial charge in [0.2, 0.25) is 0 Å². The SMILES string of the molecule is CCC(CC)N(C)CCC(NC)c1cccc(F)c1F. The van der Waals surface area contributed by atoms with Crippen LogP contribution in [0.3, 0.4) is 0 Å². The first-order valence-electron chi connectivity index (χ1n) is 7.36. The van der Waals surface area contributed by atoms with Crippen LogP contribution in [0, 0.1) is 11.6 Å². The van der Waals surface area contributed by atoms with Gasteiger partial charge in [-0.05, 0) is 46.0 Å². The molecule has 0 spiro atoms. The topological polar surface area (TPSA) is 15.3 Å². The molecule has 1 N–H and O–H groups in total. The lowest BCUT2D eigenvalue weighted by molar-refractivity contribution is 0.218. The van der Waals surface area contributed by atoms with Crippen LogP contribution in [0.15, 0.2) is 18.2 Å². The molecule has 1 rings (SSSR count). The second kappa shape index (κ2) is 8.32. The van der Waals surface area contributed by atoms with Crippen LogP contribution in [-0.2, 0) is 0 Å². The summed E-state index contributed by atoms with van der Waals surface area (Å²) in [6, 6.07) is 4.74. The highest BCUT2D eigenvalue weighted by Gasteiger charge is 2.18. The van der Waals surface area contributed by atoms with E-state index in [1.807, 2.05) is 0 Å². The van der Waals surface area contributed by atoms with Gasteiger partial charge in [-0.1, -0.05) is 26.0 Å². The average molecular weight is 284 g/mol. The van der Waals surface area contributed by atoms with E-state index in [-0.39, 0.29) is 6.04 Å². The molecule has 0 bridgehead atoms. The molecule has 20 heavy (non-hydrogen) atoms. The Morgan fingerprint density at radius 1 is 1.20 bits per heavy atom. The van der Waals surface area contributed by atoms with Gasteiger partial charge in [0.05, 0.1) is 0 Å². The lowest BCUT2D eigenvalue weighted by Gasteiger charge is -2.28. The highest BCUT2D eigenvalue weighted by Crippen LogP contribution is 2.22. The zero-order chi connectivity index (χ0) is 15.1. The number of hydrogen-bond donors (Lipinski definition) is 1. The summed E-state index contributed by atoms with van der Waals surface area (Å²) in [5, 5.41) is 3.08. The van der Waals surface area contributed by atoms with Crippen molar-refractivity contribution < 1.29 is 8.78 Å². The van der Waals surface area contributed by atoms with E-state index in [9.17, 15) is 8.78 Å². The normalized spacial score (nSPS) is 13.2. The molecule has 0 saturated heterocycles. The predicted octanol–water partition coefficient (Wildman–Crippen LogP) is 3.74. The Bertz CT molecular complexity index is 405. The summed E-state index contributed by atoms with van der Waals surface area (Å²) in [6.07, 6.45) is 2.96. The maximum atomic E-state index is 13.8. The first-order chi connectivity index (χ1) is 9.54. The van der Waals surface area contributed by atoms with Crippen molar-refractivity contribution >= 4 is 0 Å².